The predicted octanol–water partition coefficient (Wildman–Crippen LogP) is 2.11. The summed E-state index contributed by atoms with van der Waals surface area (Å²) >= 11 is 0. The monoisotopic (exact) mass is 261 g/mol. The number of hydrogen-bond acceptors (Lipinski definition) is 3. The van der Waals surface area contributed by atoms with Gasteiger partial charge in [-0.1, -0.05) is 12.1 Å². The molecule has 2 atom stereocenters. The number of rotatable bonds is 3. The highest BCUT2D eigenvalue weighted by Gasteiger charge is 2.19. The van der Waals surface area contributed by atoms with E-state index in [0.717, 1.165) is 19.5 Å². The van der Waals surface area contributed by atoms with Crippen molar-refractivity contribution >= 4 is 5.69 Å². The first-order valence-corrected chi connectivity index (χ1v) is 7.36. The Kier molecular flexibility index (Phi) is 4.83. The lowest BCUT2D eigenvalue weighted by Crippen LogP contribution is -2.37. The quantitative estimate of drug-likeness (QED) is 0.904. The maximum Gasteiger partial charge on any atom is 0.0388 e. The van der Waals surface area contributed by atoms with Gasteiger partial charge in [-0.3, -0.25) is 0 Å². The predicted molar refractivity (Wildman–Crippen MR) is 82.7 cm³/mol. The third kappa shape index (κ3) is 3.95. The van der Waals surface area contributed by atoms with Crippen molar-refractivity contribution in [2.24, 2.45) is 5.73 Å². The molecule has 1 saturated heterocycles. The first kappa shape index (κ1) is 14.4. The molecule has 0 amide bonds. The zero-order valence-electron chi connectivity index (χ0n) is 12.5. The van der Waals surface area contributed by atoms with Gasteiger partial charge in [0.05, 0.1) is 0 Å². The van der Waals surface area contributed by atoms with Crippen LogP contribution in [0.1, 0.15) is 25.8 Å². The normalized spacial score (nSPS) is 23.2. The van der Waals surface area contributed by atoms with Crippen LogP contribution >= 0.6 is 0 Å². The molecule has 1 aliphatic rings. The van der Waals surface area contributed by atoms with Crippen LogP contribution in [0.5, 0.6) is 0 Å². The largest absolute Gasteiger partial charge is 0.367 e. The number of nitrogens with zero attached hydrogens (tertiary/aromatic N) is 2. The van der Waals surface area contributed by atoms with E-state index in [4.69, 9.17) is 5.73 Å². The van der Waals surface area contributed by atoms with Crippen molar-refractivity contribution in [3.05, 3.63) is 29.8 Å². The molecule has 1 heterocycles. The number of anilines is 1. The fourth-order valence-corrected chi connectivity index (χ4v) is 2.95. The number of likely N-dealkylation sites (N-methyl/N-ethyl adjacent to an activating group) is 1. The average Bonchev–Trinajstić information content (AvgIpc) is 2.50. The minimum Gasteiger partial charge on any atom is -0.367 e. The highest BCUT2D eigenvalue weighted by molar-refractivity contribution is 5.48. The zero-order chi connectivity index (χ0) is 13.8. The van der Waals surface area contributed by atoms with E-state index >= 15 is 0 Å². The Hall–Kier alpha value is -1.06. The Morgan fingerprint density at radius 1 is 1.26 bits per heavy atom. The Morgan fingerprint density at radius 3 is 2.58 bits per heavy atom. The van der Waals surface area contributed by atoms with Crippen LogP contribution in [0.25, 0.3) is 0 Å². The second-order valence-corrected chi connectivity index (χ2v) is 6.01. The molecule has 1 aromatic rings. The summed E-state index contributed by atoms with van der Waals surface area (Å²) in [5, 5.41) is 0. The van der Waals surface area contributed by atoms with Crippen LogP contribution in [0, 0.1) is 0 Å². The molecular formula is C16H27N3. The van der Waals surface area contributed by atoms with Crippen LogP contribution in [0.15, 0.2) is 24.3 Å². The number of benzene rings is 1. The summed E-state index contributed by atoms with van der Waals surface area (Å²) in [5.74, 6) is 0. The van der Waals surface area contributed by atoms with Crippen LogP contribution in [-0.2, 0) is 6.42 Å². The molecule has 0 radical (unpaired) electrons. The van der Waals surface area contributed by atoms with Crippen molar-refractivity contribution < 1.29 is 0 Å². The van der Waals surface area contributed by atoms with Crippen molar-refractivity contribution in [3.8, 4) is 0 Å². The lowest BCUT2D eigenvalue weighted by atomic mass is 10.1. The molecule has 0 bridgehead atoms. The lowest BCUT2D eigenvalue weighted by Gasteiger charge is -2.30. The Morgan fingerprint density at radius 2 is 1.95 bits per heavy atom. The lowest BCUT2D eigenvalue weighted by molar-refractivity contribution is 0.337. The second-order valence-electron chi connectivity index (χ2n) is 6.01. The van der Waals surface area contributed by atoms with Crippen molar-refractivity contribution in [1.29, 1.82) is 0 Å². The van der Waals surface area contributed by atoms with Crippen molar-refractivity contribution in [2.75, 3.05) is 31.6 Å². The summed E-state index contributed by atoms with van der Waals surface area (Å²) in [6.07, 6.45) is 2.20. The van der Waals surface area contributed by atoms with E-state index in [9.17, 15) is 0 Å². The zero-order valence-corrected chi connectivity index (χ0v) is 12.5. The summed E-state index contributed by atoms with van der Waals surface area (Å²) in [7, 11) is 2.21. The van der Waals surface area contributed by atoms with Gasteiger partial charge in [0.25, 0.3) is 0 Å². The molecule has 0 aromatic heterocycles. The van der Waals surface area contributed by atoms with E-state index in [2.05, 4.69) is 55.0 Å². The summed E-state index contributed by atoms with van der Waals surface area (Å²) in [6.45, 7) is 7.86. The summed E-state index contributed by atoms with van der Waals surface area (Å²) in [4.78, 5) is 4.95. The summed E-state index contributed by atoms with van der Waals surface area (Å²) in [6, 6.07) is 9.75. The molecule has 2 unspecified atom stereocenters. The Bertz CT molecular complexity index is 385. The van der Waals surface area contributed by atoms with Gasteiger partial charge in [-0.2, -0.15) is 0 Å². The Labute approximate surface area is 117 Å². The van der Waals surface area contributed by atoms with E-state index in [0.29, 0.717) is 6.04 Å². The fourth-order valence-electron chi connectivity index (χ4n) is 2.95. The van der Waals surface area contributed by atoms with Gasteiger partial charge in [-0.05, 0) is 58.0 Å². The van der Waals surface area contributed by atoms with Gasteiger partial charge in [0, 0.05) is 30.9 Å². The molecule has 3 nitrogen and oxygen atoms in total. The molecule has 2 rings (SSSR count). The molecule has 1 aromatic carbocycles. The van der Waals surface area contributed by atoms with Crippen LogP contribution in [0.3, 0.4) is 0 Å². The molecule has 1 aliphatic heterocycles. The van der Waals surface area contributed by atoms with E-state index in [1.807, 2.05) is 0 Å². The van der Waals surface area contributed by atoms with Crippen molar-refractivity contribution in [2.45, 2.75) is 38.8 Å². The molecule has 0 spiro atoms. The fraction of sp³-hybridized carbons (Fsp3) is 0.625. The Balaban J connectivity index is 2.08. The first-order chi connectivity index (χ1) is 9.06. The SMILES string of the molecule is CC(N)Cc1ccc(N2CCCN(C)CC2C)cc1. The summed E-state index contributed by atoms with van der Waals surface area (Å²) < 4.78 is 0. The van der Waals surface area contributed by atoms with Gasteiger partial charge in [0.1, 0.15) is 0 Å². The third-order valence-corrected chi connectivity index (χ3v) is 3.87. The minimum absolute atomic E-state index is 0.233. The van der Waals surface area contributed by atoms with Gasteiger partial charge in [0.2, 0.25) is 0 Å². The number of hydrogen-bond donors (Lipinski definition) is 1. The molecule has 19 heavy (non-hydrogen) atoms. The first-order valence-electron chi connectivity index (χ1n) is 7.36. The average molecular weight is 261 g/mol. The molecule has 3 heteroatoms. The van der Waals surface area contributed by atoms with Gasteiger partial charge in [-0.15, -0.1) is 0 Å². The molecule has 2 N–H and O–H groups in total. The molecule has 0 aliphatic carbocycles. The maximum absolute atomic E-state index is 5.85. The van der Waals surface area contributed by atoms with Gasteiger partial charge >= 0.3 is 0 Å². The van der Waals surface area contributed by atoms with Gasteiger partial charge in [0.15, 0.2) is 0 Å². The maximum atomic E-state index is 5.85. The summed E-state index contributed by atoms with van der Waals surface area (Å²) in [5.41, 5.74) is 8.52. The highest BCUT2D eigenvalue weighted by Crippen LogP contribution is 2.21. The van der Waals surface area contributed by atoms with E-state index < -0.39 is 0 Å². The molecule has 0 saturated carbocycles. The van der Waals surface area contributed by atoms with Crippen molar-refractivity contribution in [1.82, 2.24) is 4.90 Å². The van der Waals surface area contributed by atoms with Crippen LogP contribution in [0.4, 0.5) is 5.69 Å². The standard InChI is InChI=1S/C16H27N3/c1-13(17)11-15-5-7-16(8-6-15)19-10-4-9-18(3)12-14(19)2/h5-8,13-14H,4,9-12,17H2,1-3H3. The molecule has 1 fully saturated rings. The van der Waals surface area contributed by atoms with Crippen LogP contribution in [-0.4, -0.2) is 43.7 Å². The van der Waals surface area contributed by atoms with Crippen molar-refractivity contribution in [3.63, 3.8) is 0 Å². The van der Waals surface area contributed by atoms with Crippen LogP contribution < -0.4 is 10.6 Å². The highest BCUT2D eigenvalue weighted by atomic mass is 15.2. The topological polar surface area (TPSA) is 32.5 Å². The molecule has 106 valence electrons. The number of nitrogens with two attached hydrogens (primary N) is 1. The van der Waals surface area contributed by atoms with E-state index in [1.54, 1.807) is 0 Å². The van der Waals surface area contributed by atoms with E-state index in [1.165, 1.54) is 24.2 Å². The third-order valence-electron chi connectivity index (χ3n) is 3.87. The smallest absolute Gasteiger partial charge is 0.0388 e. The minimum atomic E-state index is 0.233. The van der Waals surface area contributed by atoms with Gasteiger partial charge in [-0.25, -0.2) is 0 Å². The van der Waals surface area contributed by atoms with Crippen LogP contribution in [0.2, 0.25) is 0 Å². The second kappa shape index (κ2) is 6.40. The molecular weight excluding hydrogens is 234 g/mol. The van der Waals surface area contributed by atoms with E-state index in [-0.39, 0.29) is 6.04 Å². The van der Waals surface area contributed by atoms with Gasteiger partial charge < -0.3 is 15.5 Å².